The first-order valence-electron chi connectivity index (χ1n) is 7.41. The lowest BCUT2D eigenvalue weighted by Gasteiger charge is -2.34. The van der Waals surface area contributed by atoms with Crippen molar-refractivity contribution in [3.63, 3.8) is 0 Å². The van der Waals surface area contributed by atoms with E-state index in [1.165, 1.54) is 42.5 Å². The molecular formula is C16H25BrN2. The van der Waals surface area contributed by atoms with Crippen molar-refractivity contribution in [1.82, 2.24) is 10.2 Å². The Bertz CT molecular complexity index is 388. The molecule has 1 fully saturated rings. The summed E-state index contributed by atoms with van der Waals surface area (Å²) in [6, 6.07) is 9.06. The highest BCUT2D eigenvalue weighted by Crippen LogP contribution is 2.28. The van der Waals surface area contributed by atoms with Crippen LogP contribution in [0, 0.1) is 5.92 Å². The fourth-order valence-electron chi connectivity index (χ4n) is 2.98. The van der Waals surface area contributed by atoms with E-state index >= 15 is 0 Å². The second-order valence-corrected chi connectivity index (χ2v) is 6.35. The first-order chi connectivity index (χ1) is 9.22. The van der Waals surface area contributed by atoms with Crippen LogP contribution in [0.2, 0.25) is 0 Å². The van der Waals surface area contributed by atoms with Gasteiger partial charge in [-0.15, -0.1) is 0 Å². The van der Waals surface area contributed by atoms with Crippen LogP contribution in [0.1, 0.15) is 38.3 Å². The zero-order chi connectivity index (χ0) is 13.7. The van der Waals surface area contributed by atoms with Crippen LogP contribution in [0.4, 0.5) is 0 Å². The quantitative estimate of drug-likeness (QED) is 0.885. The maximum absolute atomic E-state index is 3.68. The maximum Gasteiger partial charge on any atom is 0.0331 e. The molecule has 2 nitrogen and oxygen atoms in total. The lowest BCUT2D eigenvalue weighted by molar-refractivity contribution is 0.170. The highest BCUT2D eigenvalue weighted by molar-refractivity contribution is 9.10. The molecule has 3 heteroatoms. The number of nitrogens with one attached hydrogen (secondary N) is 1. The summed E-state index contributed by atoms with van der Waals surface area (Å²) < 4.78 is 1.22. The lowest BCUT2D eigenvalue weighted by Crippen LogP contribution is -2.39. The molecule has 2 atom stereocenters. The van der Waals surface area contributed by atoms with E-state index in [-0.39, 0.29) is 0 Å². The monoisotopic (exact) mass is 324 g/mol. The van der Waals surface area contributed by atoms with Crippen molar-refractivity contribution in [2.75, 3.05) is 26.2 Å². The van der Waals surface area contributed by atoms with E-state index in [0.29, 0.717) is 6.04 Å². The first kappa shape index (κ1) is 15.0. The molecule has 1 aliphatic rings. The van der Waals surface area contributed by atoms with Gasteiger partial charge in [-0.05, 0) is 56.9 Å². The van der Waals surface area contributed by atoms with E-state index in [1.54, 1.807) is 0 Å². The van der Waals surface area contributed by atoms with Gasteiger partial charge in [0.15, 0.2) is 0 Å². The molecule has 106 valence electrons. The summed E-state index contributed by atoms with van der Waals surface area (Å²) in [7, 11) is 0. The zero-order valence-electron chi connectivity index (χ0n) is 12.0. The van der Waals surface area contributed by atoms with Crippen LogP contribution in [0.15, 0.2) is 28.7 Å². The number of benzene rings is 1. The van der Waals surface area contributed by atoms with Crippen molar-refractivity contribution in [3.05, 3.63) is 34.3 Å². The number of nitrogens with zero attached hydrogens (tertiary/aromatic N) is 1. The molecular weight excluding hydrogens is 300 g/mol. The van der Waals surface area contributed by atoms with Gasteiger partial charge in [0.1, 0.15) is 0 Å². The minimum Gasteiger partial charge on any atom is -0.316 e. The normalized spacial score (nSPS) is 21.6. The molecule has 0 bridgehead atoms. The van der Waals surface area contributed by atoms with E-state index in [2.05, 4.69) is 64.3 Å². The minimum absolute atomic E-state index is 0.475. The van der Waals surface area contributed by atoms with E-state index in [1.807, 2.05) is 0 Å². The topological polar surface area (TPSA) is 15.3 Å². The van der Waals surface area contributed by atoms with Crippen LogP contribution in [0.3, 0.4) is 0 Å². The molecule has 1 N–H and O–H groups in total. The first-order valence-corrected chi connectivity index (χ1v) is 8.20. The summed E-state index contributed by atoms with van der Waals surface area (Å²) in [6.07, 6.45) is 2.69. The highest BCUT2D eigenvalue weighted by Gasteiger charge is 2.21. The van der Waals surface area contributed by atoms with Gasteiger partial charge in [-0.1, -0.05) is 41.1 Å². The van der Waals surface area contributed by atoms with Crippen LogP contribution in [0.5, 0.6) is 0 Å². The molecule has 1 heterocycles. The van der Waals surface area contributed by atoms with E-state index < -0.39 is 0 Å². The van der Waals surface area contributed by atoms with Gasteiger partial charge in [0, 0.05) is 17.1 Å². The summed E-state index contributed by atoms with van der Waals surface area (Å²) in [6.45, 7) is 9.27. The summed E-state index contributed by atoms with van der Waals surface area (Å²) in [4.78, 5) is 2.60. The Balaban J connectivity index is 2.02. The van der Waals surface area contributed by atoms with Crippen molar-refractivity contribution in [2.45, 2.75) is 32.7 Å². The van der Waals surface area contributed by atoms with Crippen LogP contribution >= 0.6 is 15.9 Å². The zero-order valence-corrected chi connectivity index (χ0v) is 13.6. The van der Waals surface area contributed by atoms with Crippen LogP contribution in [-0.4, -0.2) is 31.1 Å². The van der Waals surface area contributed by atoms with Gasteiger partial charge in [0.25, 0.3) is 0 Å². The number of hydrogen-bond acceptors (Lipinski definition) is 2. The number of rotatable bonds is 5. The average Bonchev–Trinajstić information content (AvgIpc) is 2.46. The smallest absolute Gasteiger partial charge is 0.0331 e. The van der Waals surface area contributed by atoms with Crippen LogP contribution in [-0.2, 0) is 0 Å². The number of hydrogen-bond donors (Lipinski definition) is 1. The van der Waals surface area contributed by atoms with Gasteiger partial charge in [0.2, 0.25) is 0 Å². The fourth-order valence-corrected chi connectivity index (χ4v) is 3.60. The fraction of sp³-hybridized carbons (Fsp3) is 0.625. The summed E-state index contributed by atoms with van der Waals surface area (Å²) in [5.41, 5.74) is 1.40. The molecule has 1 aromatic rings. The van der Waals surface area contributed by atoms with Gasteiger partial charge in [-0.2, -0.15) is 0 Å². The van der Waals surface area contributed by atoms with Gasteiger partial charge < -0.3 is 5.32 Å². The van der Waals surface area contributed by atoms with Crippen molar-refractivity contribution in [2.24, 2.45) is 5.92 Å². The predicted octanol–water partition coefficient (Wildman–Crippen LogP) is 3.83. The third-order valence-corrected chi connectivity index (χ3v) is 4.92. The van der Waals surface area contributed by atoms with Crippen molar-refractivity contribution >= 4 is 15.9 Å². The van der Waals surface area contributed by atoms with Gasteiger partial charge >= 0.3 is 0 Å². The predicted molar refractivity (Wildman–Crippen MR) is 85.4 cm³/mol. The molecule has 1 aliphatic heterocycles. The standard InChI is InChI=1S/C16H25BrN2/c1-3-19(12-14-7-6-10-18-11-14)13(2)15-8-4-5-9-16(15)17/h4-5,8-9,13-14,18H,3,6-7,10-12H2,1-2H3. The molecule has 0 saturated carbocycles. The molecule has 2 unspecified atom stereocenters. The molecule has 1 aromatic carbocycles. The molecule has 2 rings (SSSR count). The highest BCUT2D eigenvalue weighted by atomic mass is 79.9. The molecule has 0 aliphatic carbocycles. The third-order valence-electron chi connectivity index (χ3n) is 4.20. The molecule has 0 aromatic heterocycles. The van der Waals surface area contributed by atoms with Gasteiger partial charge in [0.05, 0.1) is 0 Å². The Hall–Kier alpha value is -0.380. The molecule has 0 spiro atoms. The Labute approximate surface area is 125 Å². The van der Waals surface area contributed by atoms with Gasteiger partial charge in [-0.25, -0.2) is 0 Å². The minimum atomic E-state index is 0.475. The summed E-state index contributed by atoms with van der Waals surface area (Å²) in [5.74, 6) is 0.804. The Morgan fingerprint density at radius 3 is 2.84 bits per heavy atom. The third kappa shape index (κ3) is 4.04. The second kappa shape index (κ2) is 7.41. The van der Waals surface area contributed by atoms with E-state index in [4.69, 9.17) is 0 Å². The summed E-state index contributed by atoms with van der Waals surface area (Å²) >= 11 is 3.68. The van der Waals surface area contributed by atoms with Crippen molar-refractivity contribution < 1.29 is 0 Å². The van der Waals surface area contributed by atoms with Crippen molar-refractivity contribution in [1.29, 1.82) is 0 Å². The van der Waals surface area contributed by atoms with Crippen molar-refractivity contribution in [3.8, 4) is 0 Å². The molecule has 1 saturated heterocycles. The summed E-state index contributed by atoms with van der Waals surface area (Å²) in [5, 5.41) is 3.52. The Kier molecular flexibility index (Phi) is 5.86. The van der Waals surface area contributed by atoms with E-state index in [0.717, 1.165) is 12.5 Å². The second-order valence-electron chi connectivity index (χ2n) is 5.50. The SMILES string of the molecule is CCN(CC1CCCNC1)C(C)c1ccccc1Br. The average molecular weight is 325 g/mol. The molecule has 0 amide bonds. The maximum atomic E-state index is 3.68. The Morgan fingerprint density at radius 1 is 1.42 bits per heavy atom. The molecule has 0 radical (unpaired) electrons. The van der Waals surface area contributed by atoms with E-state index in [9.17, 15) is 0 Å². The number of piperidine rings is 1. The van der Waals surface area contributed by atoms with Crippen LogP contribution in [0.25, 0.3) is 0 Å². The lowest BCUT2D eigenvalue weighted by atomic mass is 9.97. The van der Waals surface area contributed by atoms with Gasteiger partial charge in [-0.3, -0.25) is 4.90 Å². The Morgan fingerprint density at radius 2 is 2.21 bits per heavy atom. The molecule has 19 heavy (non-hydrogen) atoms. The largest absolute Gasteiger partial charge is 0.316 e. The van der Waals surface area contributed by atoms with Crippen LogP contribution < -0.4 is 5.32 Å². The number of halogens is 1.